The molecule has 0 heterocycles. The minimum absolute atomic E-state index is 0.0209. The minimum atomic E-state index is -0.0209. The third-order valence-corrected chi connectivity index (χ3v) is 7.83. The van der Waals surface area contributed by atoms with Gasteiger partial charge in [0.2, 0.25) is 0 Å². The van der Waals surface area contributed by atoms with Gasteiger partial charge >= 0.3 is 0 Å². The van der Waals surface area contributed by atoms with Gasteiger partial charge in [0, 0.05) is 24.7 Å². The quantitative estimate of drug-likeness (QED) is 0.673. The lowest BCUT2D eigenvalue weighted by atomic mass is 9.48. The summed E-state index contributed by atoms with van der Waals surface area (Å²) >= 11 is 0. The van der Waals surface area contributed by atoms with Crippen molar-refractivity contribution < 1.29 is 9.59 Å². The Balaban J connectivity index is 1.68. The Hall–Kier alpha value is -0.660. The molecule has 2 heteroatoms. The summed E-state index contributed by atoms with van der Waals surface area (Å²) in [5.74, 6) is 3.69. The second-order valence-corrected chi connectivity index (χ2v) is 8.49. The highest BCUT2D eigenvalue weighted by atomic mass is 16.1. The van der Waals surface area contributed by atoms with E-state index in [-0.39, 0.29) is 10.8 Å². The van der Waals surface area contributed by atoms with Gasteiger partial charge in [-0.15, -0.1) is 0 Å². The van der Waals surface area contributed by atoms with Crippen molar-refractivity contribution in [3.8, 4) is 0 Å². The third kappa shape index (κ3) is 1.46. The summed E-state index contributed by atoms with van der Waals surface area (Å²) in [6.45, 7) is 4.62. The van der Waals surface area contributed by atoms with Crippen molar-refractivity contribution in [2.45, 2.75) is 65.2 Å². The van der Waals surface area contributed by atoms with E-state index >= 15 is 0 Å². The molecule has 4 aliphatic rings. The fraction of sp³-hybridized carbons (Fsp3) is 0.889. The van der Waals surface area contributed by atoms with Crippen molar-refractivity contribution in [3.05, 3.63) is 0 Å². The van der Waals surface area contributed by atoms with E-state index in [1.54, 1.807) is 0 Å². The molecule has 4 aliphatic carbocycles. The lowest BCUT2D eigenvalue weighted by Crippen LogP contribution is -2.50. The molecule has 0 aromatic carbocycles. The summed E-state index contributed by atoms with van der Waals surface area (Å²) < 4.78 is 0. The summed E-state index contributed by atoms with van der Waals surface area (Å²) in [5, 5.41) is 0. The highest BCUT2D eigenvalue weighted by Crippen LogP contribution is 2.65. The Bertz CT molecular complexity index is 482. The Kier molecular flexibility index (Phi) is 2.58. The fourth-order valence-electron chi connectivity index (χ4n) is 6.69. The SMILES string of the molecule is C[C@]12CC(=O)CC1CCC1C2CC[C@]2(C)C(=O)CCC12. The molecule has 0 spiro atoms. The van der Waals surface area contributed by atoms with Crippen LogP contribution < -0.4 is 0 Å². The first kappa shape index (κ1) is 13.0. The number of fused-ring (bicyclic) bond motifs is 5. The van der Waals surface area contributed by atoms with Crippen LogP contribution in [0.2, 0.25) is 0 Å². The second-order valence-electron chi connectivity index (χ2n) is 8.49. The van der Waals surface area contributed by atoms with Crippen LogP contribution >= 0.6 is 0 Å². The maximum Gasteiger partial charge on any atom is 0.139 e. The molecule has 0 bridgehead atoms. The molecule has 4 saturated carbocycles. The topological polar surface area (TPSA) is 34.1 Å². The fourth-order valence-corrected chi connectivity index (χ4v) is 6.69. The summed E-state index contributed by atoms with van der Waals surface area (Å²) in [6.07, 6.45) is 8.33. The molecule has 4 rings (SSSR count). The Labute approximate surface area is 121 Å². The maximum absolute atomic E-state index is 12.3. The highest BCUT2D eigenvalue weighted by Gasteiger charge is 2.61. The van der Waals surface area contributed by atoms with Gasteiger partial charge in [0.25, 0.3) is 0 Å². The Morgan fingerprint density at radius 3 is 2.60 bits per heavy atom. The van der Waals surface area contributed by atoms with Crippen molar-refractivity contribution in [2.75, 3.05) is 0 Å². The summed E-state index contributed by atoms with van der Waals surface area (Å²) in [4.78, 5) is 24.3. The summed E-state index contributed by atoms with van der Waals surface area (Å²) in [5.41, 5.74) is 0.236. The van der Waals surface area contributed by atoms with Gasteiger partial charge in [-0.3, -0.25) is 9.59 Å². The van der Waals surface area contributed by atoms with Gasteiger partial charge in [0.1, 0.15) is 11.6 Å². The molecule has 0 aromatic rings. The van der Waals surface area contributed by atoms with Crippen LogP contribution in [0, 0.1) is 34.5 Å². The van der Waals surface area contributed by atoms with Gasteiger partial charge in [-0.1, -0.05) is 13.8 Å². The van der Waals surface area contributed by atoms with Gasteiger partial charge in [-0.2, -0.15) is 0 Å². The molecule has 20 heavy (non-hydrogen) atoms. The monoisotopic (exact) mass is 274 g/mol. The van der Waals surface area contributed by atoms with Gasteiger partial charge < -0.3 is 0 Å². The predicted octanol–water partition coefficient (Wildman–Crippen LogP) is 3.78. The van der Waals surface area contributed by atoms with Gasteiger partial charge in [0.15, 0.2) is 0 Å². The van der Waals surface area contributed by atoms with E-state index in [4.69, 9.17) is 0 Å². The zero-order chi connectivity index (χ0) is 14.1. The van der Waals surface area contributed by atoms with Crippen LogP contribution in [0.1, 0.15) is 65.2 Å². The van der Waals surface area contributed by atoms with E-state index in [2.05, 4.69) is 13.8 Å². The Morgan fingerprint density at radius 1 is 1.00 bits per heavy atom. The molecule has 110 valence electrons. The molecule has 0 saturated heterocycles. The van der Waals surface area contributed by atoms with E-state index < -0.39 is 0 Å². The van der Waals surface area contributed by atoms with Crippen LogP contribution in [0.25, 0.3) is 0 Å². The molecule has 6 atom stereocenters. The van der Waals surface area contributed by atoms with E-state index in [0.29, 0.717) is 35.2 Å². The largest absolute Gasteiger partial charge is 0.300 e. The maximum atomic E-state index is 12.3. The molecular weight excluding hydrogens is 248 g/mol. The second kappa shape index (κ2) is 3.96. The average Bonchev–Trinajstić information content (AvgIpc) is 2.86. The van der Waals surface area contributed by atoms with E-state index in [1.807, 2.05) is 0 Å². The zero-order valence-corrected chi connectivity index (χ0v) is 12.8. The number of rotatable bonds is 0. The van der Waals surface area contributed by atoms with Crippen molar-refractivity contribution in [3.63, 3.8) is 0 Å². The number of hydrogen-bond donors (Lipinski definition) is 0. The molecule has 0 radical (unpaired) electrons. The molecule has 4 fully saturated rings. The zero-order valence-electron chi connectivity index (χ0n) is 12.8. The average molecular weight is 274 g/mol. The molecule has 0 N–H and O–H groups in total. The van der Waals surface area contributed by atoms with Crippen molar-refractivity contribution >= 4 is 11.6 Å². The van der Waals surface area contributed by atoms with Crippen molar-refractivity contribution in [2.24, 2.45) is 34.5 Å². The lowest BCUT2D eigenvalue weighted by Gasteiger charge is -2.55. The number of Topliss-reactive ketones (excluding diaryl/α,β-unsaturated/α-hetero) is 2. The molecule has 2 nitrogen and oxygen atoms in total. The first-order chi connectivity index (χ1) is 9.45. The smallest absolute Gasteiger partial charge is 0.139 e. The molecular formula is C18H26O2. The number of carbonyl (C=O) groups excluding carboxylic acids is 2. The van der Waals surface area contributed by atoms with Crippen LogP contribution in [0.5, 0.6) is 0 Å². The molecule has 0 amide bonds. The van der Waals surface area contributed by atoms with Crippen LogP contribution in [-0.2, 0) is 9.59 Å². The van der Waals surface area contributed by atoms with E-state index in [1.165, 1.54) is 19.3 Å². The molecule has 0 aliphatic heterocycles. The van der Waals surface area contributed by atoms with Crippen LogP contribution in [-0.4, -0.2) is 11.6 Å². The predicted molar refractivity (Wildman–Crippen MR) is 77.1 cm³/mol. The summed E-state index contributed by atoms with van der Waals surface area (Å²) in [7, 11) is 0. The Morgan fingerprint density at radius 2 is 1.80 bits per heavy atom. The first-order valence-electron chi connectivity index (χ1n) is 8.50. The summed E-state index contributed by atoms with van der Waals surface area (Å²) in [6, 6.07) is 0. The van der Waals surface area contributed by atoms with Gasteiger partial charge in [-0.05, 0) is 61.2 Å². The lowest BCUT2D eigenvalue weighted by molar-refractivity contribution is -0.135. The first-order valence-corrected chi connectivity index (χ1v) is 8.50. The van der Waals surface area contributed by atoms with Crippen molar-refractivity contribution in [1.82, 2.24) is 0 Å². The van der Waals surface area contributed by atoms with E-state index in [0.717, 1.165) is 32.1 Å². The standard InChI is InChI=1S/C18H26O2/c1-17-8-7-15-13(14(17)5-6-16(17)20)4-3-11-9-12(19)10-18(11,15)2/h11,13-15H,3-10H2,1-2H3/t11?,13?,14?,15?,17-,18-/m0/s1. The number of ketones is 2. The number of hydrogen-bond acceptors (Lipinski definition) is 2. The highest BCUT2D eigenvalue weighted by molar-refractivity contribution is 5.87. The number of carbonyl (C=O) groups is 2. The normalized spacial score (nSPS) is 54.5. The third-order valence-electron chi connectivity index (χ3n) is 7.83. The van der Waals surface area contributed by atoms with Crippen LogP contribution in [0.3, 0.4) is 0 Å². The van der Waals surface area contributed by atoms with Crippen LogP contribution in [0.4, 0.5) is 0 Å². The van der Waals surface area contributed by atoms with Crippen molar-refractivity contribution in [1.29, 1.82) is 0 Å². The van der Waals surface area contributed by atoms with Crippen LogP contribution in [0.15, 0.2) is 0 Å². The molecule has 0 aromatic heterocycles. The minimum Gasteiger partial charge on any atom is -0.300 e. The van der Waals surface area contributed by atoms with Gasteiger partial charge in [-0.25, -0.2) is 0 Å². The van der Waals surface area contributed by atoms with E-state index in [9.17, 15) is 9.59 Å². The molecule has 4 unspecified atom stereocenters. The van der Waals surface area contributed by atoms with Gasteiger partial charge in [0.05, 0.1) is 0 Å².